The summed E-state index contributed by atoms with van der Waals surface area (Å²) >= 11 is 0. The molecule has 0 saturated carbocycles. The van der Waals surface area contributed by atoms with Crippen molar-refractivity contribution in [1.29, 1.82) is 0 Å². The van der Waals surface area contributed by atoms with E-state index in [1.807, 2.05) is 26.2 Å². The number of benzene rings is 1. The molecule has 0 unspecified atom stereocenters. The normalized spacial score (nSPS) is 10.4. The van der Waals surface area contributed by atoms with Crippen molar-refractivity contribution in [1.82, 2.24) is 19.4 Å². The molecule has 3 N–H and O–H groups in total. The van der Waals surface area contributed by atoms with Crippen LogP contribution in [0.15, 0.2) is 49.2 Å². The SMILES string of the molecule is Cc1ccc(OCCN(C)C)c(Cc2cnc(-n3ccnc3)c(O)c2)c1.O=C(O)C(=O)O. The topological polar surface area (TPSA) is 138 Å². The van der Waals surface area contributed by atoms with E-state index in [0.717, 1.165) is 23.4 Å². The average molecular weight is 442 g/mol. The van der Waals surface area contributed by atoms with Crippen molar-refractivity contribution in [2.24, 2.45) is 0 Å². The largest absolute Gasteiger partial charge is 0.504 e. The number of aromatic hydroxyl groups is 1. The number of carbonyl (C=O) groups is 2. The number of likely N-dealkylation sites (N-methyl/N-ethyl adjacent to an activating group) is 1. The first kappa shape index (κ1) is 24.4. The van der Waals surface area contributed by atoms with Gasteiger partial charge in [0, 0.05) is 31.6 Å². The highest BCUT2D eigenvalue weighted by molar-refractivity contribution is 6.27. The monoisotopic (exact) mass is 442 g/mol. The second-order valence-corrected chi connectivity index (χ2v) is 7.21. The minimum atomic E-state index is -1.82. The zero-order chi connectivity index (χ0) is 23.7. The van der Waals surface area contributed by atoms with Gasteiger partial charge in [0.1, 0.15) is 18.7 Å². The molecule has 0 fully saturated rings. The quantitative estimate of drug-likeness (QED) is 0.469. The Hall–Kier alpha value is -3.92. The van der Waals surface area contributed by atoms with Crippen LogP contribution < -0.4 is 4.74 Å². The van der Waals surface area contributed by atoms with Crippen molar-refractivity contribution in [3.05, 3.63) is 65.9 Å². The molecule has 170 valence electrons. The van der Waals surface area contributed by atoms with Crippen LogP contribution in [0.4, 0.5) is 0 Å². The first-order valence-corrected chi connectivity index (χ1v) is 9.67. The van der Waals surface area contributed by atoms with Gasteiger partial charge in [-0.15, -0.1) is 0 Å². The number of pyridine rings is 1. The number of nitrogens with zero attached hydrogens (tertiary/aromatic N) is 4. The van der Waals surface area contributed by atoms with Crippen molar-refractivity contribution in [2.75, 3.05) is 27.2 Å². The zero-order valence-corrected chi connectivity index (χ0v) is 18.1. The molecule has 3 aromatic rings. The number of ether oxygens (including phenoxy) is 1. The molecule has 10 heteroatoms. The second kappa shape index (κ2) is 11.5. The summed E-state index contributed by atoms with van der Waals surface area (Å²) < 4.78 is 7.63. The Morgan fingerprint density at radius 1 is 1.16 bits per heavy atom. The van der Waals surface area contributed by atoms with E-state index in [4.69, 9.17) is 24.5 Å². The molecule has 0 bridgehead atoms. The third kappa shape index (κ3) is 7.40. The van der Waals surface area contributed by atoms with Crippen LogP contribution in [-0.4, -0.2) is 73.9 Å². The average Bonchev–Trinajstić information content (AvgIpc) is 3.24. The van der Waals surface area contributed by atoms with Crippen LogP contribution in [0, 0.1) is 6.92 Å². The highest BCUT2D eigenvalue weighted by atomic mass is 16.5. The Labute approximate surface area is 185 Å². The van der Waals surface area contributed by atoms with Gasteiger partial charge in [-0.2, -0.15) is 0 Å². The number of hydrogen-bond donors (Lipinski definition) is 3. The molecule has 0 spiro atoms. The maximum Gasteiger partial charge on any atom is 0.414 e. The van der Waals surface area contributed by atoms with Gasteiger partial charge < -0.3 is 25.0 Å². The molecule has 3 rings (SSSR count). The number of aromatic nitrogens is 3. The van der Waals surface area contributed by atoms with Gasteiger partial charge in [0.25, 0.3) is 0 Å². The lowest BCUT2D eigenvalue weighted by molar-refractivity contribution is -0.159. The van der Waals surface area contributed by atoms with E-state index >= 15 is 0 Å². The summed E-state index contributed by atoms with van der Waals surface area (Å²) in [6.45, 7) is 3.55. The molecule has 32 heavy (non-hydrogen) atoms. The molecule has 0 atom stereocenters. The Balaban J connectivity index is 0.000000534. The van der Waals surface area contributed by atoms with Gasteiger partial charge in [-0.1, -0.05) is 17.7 Å². The summed E-state index contributed by atoms with van der Waals surface area (Å²) in [5.41, 5.74) is 3.18. The first-order chi connectivity index (χ1) is 15.2. The Bertz CT molecular complexity index is 1040. The smallest absolute Gasteiger partial charge is 0.414 e. The molecule has 2 heterocycles. The van der Waals surface area contributed by atoms with Crippen LogP contribution >= 0.6 is 0 Å². The molecule has 0 radical (unpaired) electrons. The van der Waals surface area contributed by atoms with Crippen LogP contribution in [0.2, 0.25) is 0 Å². The van der Waals surface area contributed by atoms with Crippen LogP contribution in [0.1, 0.15) is 16.7 Å². The van der Waals surface area contributed by atoms with Gasteiger partial charge in [-0.25, -0.2) is 19.6 Å². The van der Waals surface area contributed by atoms with E-state index in [0.29, 0.717) is 18.8 Å². The van der Waals surface area contributed by atoms with Crippen molar-refractivity contribution in [3.8, 4) is 17.3 Å². The molecule has 0 aliphatic carbocycles. The lowest BCUT2D eigenvalue weighted by Gasteiger charge is -2.15. The predicted octanol–water partition coefficient (Wildman–Crippen LogP) is 1.97. The van der Waals surface area contributed by atoms with Gasteiger partial charge in [-0.05, 0) is 44.3 Å². The maximum absolute atomic E-state index is 10.3. The Morgan fingerprint density at radius 2 is 1.88 bits per heavy atom. The van der Waals surface area contributed by atoms with Gasteiger partial charge in [0.2, 0.25) is 0 Å². The molecule has 1 aromatic carbocycles. The molecular weight excluding hydrogens is 416 g/mol. The Kier molecular flexibility index (Phi) is 8.72. The minimum absolute atomic E-state index is 0.128. The van der Waals surface area contributed by atoms with Crippen molar-refractivity contribution in [2.45, 2.75) is 13.3 Å². The fourth-order valence-electron chi connectivity index (χ4n) is 2.71. The van der Waals surface area contributed by atoms with E-state index in [-0.39, 0.29) is 5.75 Å². The van der Waals surface area contributed by atoms with Gasteiger partial charge in [-0.3, -0.25) is 4.57 Å². The molecule has 0 amide bonds. The predicted molar refractivity (Wildman–Crippen MR) is 116 cm³/mol. The summed E-state index contributed by atoms with van der Waals surface area (Å²) in [7, 11) is 4.05. The third-order valence-corrected chi connectivity index (χ3v) is 4.24. The third-order valence-electron chi connectivity index (χ3n) is 4.24. The molecule has 0 saturated heterocycles. The second-order valence-electron chi connectivity index (χ2n) is 7.21. The number of rotatable bonds is 7. The highest BCUT2D eigenvalue weighted by Crippen LogP contribution is 2.26. The van der Waals surface area contributed by atoms with Crippen LogP contribution in [0.25, 0.3) is 5.82 Å². The van der Waals surface area contributed by atoms with Crippen LogP contribution in [0.5, 0.6) is 11.5 Å². The molecule has 0 aliphatic heterocycles. The summed E-state index contributed by atoms with van der Waals surface area (Å²) in [6, 6.07) is 7.92. The lowest BCUT2D eigenvalue weighted by atomic mass is 10.0. The number of carboxylic acid groups (broad SMARTS) is 2. The van der Waals surface area contributed by atoms with E-state index in [9.17, 15) is 5.11 Å². The van der Waals surface area contributed by atoms with Crippen molar-refractivity contribution < 1.29 is 29.6 Å². The minimum Gasteiger partial charge on any atom is -0.504 e. The van der Waals surface area contributed by atoms with Crippen molar-refractivity contribution >= 4 is 11.9 Å². The van der Waals surface area contributed by atoms with Crippen LogP contribution in [-0.2, 0) is 16.0 Å². The van der Waals surface area contributed by atoms with E-state index in [2.05, 4.69) is 27.9 Å². The number of aryl methyl sites for hydroxylation is 1. The van der Waals surface area contributed by atoms with Gasteiger partial charge in [0.15, 0.2) is 11.6 Å². The van der Waals surface area contributed by atoms with Crippen molar-refractivity contribution in [3.63, 3.8) is 0 Å². The van der Waals surface area contributed by atoms with Gasteiger partial charge in [0.05, 0.1) is 0 Å². The van der Waals surface area contributed by atoms with Crippen LogP contribution in [0.3, 0.4) is 0 Å². The molecular formula is C22H26N4O6. The summed E-state index contributed by atoms with van der Waals surface area (Å²) in [4.78, 5) is 28.7. The first-order valence-electron chi connectivity index (χ1n) is 9.67. The number of carboxylic acids is 2. The summed E-state index contributed by atoms with van der Waals surface area (Å²) in [5, 5.41) is 25.1. The fourth-order valence-corrected chi connectivity index (χ4v) is 2.71. The molecule has 2 aromatic heterocycles. The lowest BCUT2D eigenvalue weighted by Crippen LogP contribution is -2.19. The van der Waals surface area contributed by atoms with E-state index in [1.165, 1.54) is 5.56 Å². The summed E-state index contributed by atoms with van der Waals surface area (Å²) in [5.74, 6) is -2.18. The molecule has 10 nitrogen and oxygen atoms in total. The molecule has 0 aliphatic rings. The Morgan fingerprint density at radius 3 is 2.44 bits per heavy atom. The van der Waals surface area contributed by atoms with E-state index < -0.39 is 11.9 Å². The fraction of sp³-hybridized carbons (Fsp3) is 0.273. The summed E-state index contributed by atoms with van der Waals surface area (Å²) in [6.07, 6.45) is 7.43. The number of aliphatic carboxylic acids is 2. The highest BCUT2D eigenvalue weighted by Gasteiger charge is 2.10. The standard InChI is InChI=1S/C20H24N4O2.C2H2O4/c1-15-4-5-19(26-9-8-23(2)3)17(10-15)11-16-12-18(25)20(22-13-16)24-7-6-21-14-24;3-1(4)2(5)6/h4-7,10,12-14,25H,8-9,11H2,1-3H3;(H,3,4)(H,5,6). The van der Waals surface area contributed by atoms with E-state index in [1.54, 1.807) is 35.6 Å². The van der Waals surface area contributed by atoms with Gasteiger partial charge >= 0.3 is 11.9 Å². The number of hydrogen-bond acceptors (Lipinski definition) is 7. The number of imidazole rings is 1. The maximum atomic E-state index is 10.3. The zero-order valence-electron chi connectivity index (χ0n) is 18.1.